The number of rotatable bonds is 6. The Morgan fingerprint density at radius 1 is 1.40 bits per heavy atom. The van der Waals surface area contributed by atoms with Gasteiger partial charge in [-0.05, 0) is 44.6 Å². The van der Waals surface area contributed by atoms with Crippen LogP contribution in [0, 0.1) is 0 Å². The van der Waals surface area contributed by atoms with Crippen LogP contribution in [0.3, 0.4) is 0 Å². The van der Waals surface area contributed by atoms with E-state index >= 15 is 0 Å². The first-order valence-corrected chi connectivity index (χ1v) is 6.54. The van der Waals surface area contributed by atoms with E-state index in [9.17, 15) is 8.78 Å². The largest absolute Gasteiger partial charge is 0.398 e. The van der Waals surface area contributed by atoms with E-state index in [1.807, 2.05) is 6.07 Å². The predicted octanol–water partition coefficient (Wildman–Crippen LogP) is 1.97. The van der Waals surface area contributed by atoms with Crippen molar-refractivity contribution in [2.75, 3.05) is 18.9 Å². The molecule has 0 fully saturated rings. The number of ether oxygens (including phenoxy) is 1. The molecule has 2 N–H and O–H groups in total. The summed E-state index contributed by atoms with van der Waals surface area (Å²) >= 11 is 3.30. The smallest absolute Gasteiger partial charge is 0.261 e. The lowest BCUT2D eigenvalue weighted by molar-refractivity contribution is 0.0140. The number of nitrogens with zero attached hydrogens (tertiary/aromatic N) is 4. The van der Waals surface area contributed by atoms with E-state index in [0.29, 0.717) is 11.5 Å². The zero-order valence-electron chi connectivity index (χ0n) is 10.3. The van der Waals surface area contributed by atoms with Crippen molar-refractivity contribution in [2.24, 2.45) is 0 Å². The van der Waals surface area contributed by atoms with Gasteiger partial charge in [0.1, 0.15) is 6.61 Å². The molecule has 6 nitrogen and oxygen atoms in total. The second kappa shape index (κ2) is 6.71. The third-order valence-electron chi connectivity index (χ3n) is 2.48. The van der Waals surface area contributed by atoms with Gasteiger partial charge < -0.3 is 10.5 Å². The second-order valence-electron chi connectivity index (χ2n) is 3.93. The Kier molecular flexibility index (Phi) is 4.96. The molecule has 1 heterocycles. The van der Waals surface area contributed by atoms with E-state index in [2.05, 4.69) is 31.5 Å². The molecule has 108 valence electrons. The van der Waals surface area contributed by atoms with Gasteiger partial charge in [-0.2, -0.15) is 0 Å². The minimum Gasteiger partial charge on any atom is -0.398 e. The summed E-state index contributed by atoms with van der Waals surface area (Å²) in [6.07, 6.45) is -2.48. The lowest BCUT2D eigenvalue weighted by Crippen LogP contribution is -2.12. The molecule has 0 bridgehead atoms. The van der Waals surface area contributed by atoms with Crippen molar-refractivity contribution in [2.45, 2.75) is 13.0 Å². The Labute approximate surface area is 122 Å². The van der Waals surface area contributed by atoms with E-state index in [0.717, 1.165) is 10.0 Å². The average molecular weight is 348 g/mol. The van der Waals surface area contributed by atoms with Gasteiger partial charge in [0.2, 0.25) is 0 Å². The quantitative estimate of drug-likeness (QED) is 0.638. The number of alkyl halides is 2. The SMILES string of the molecule is Nc1cc(-c2nnnn2CCOCC(F)F)ccc1Br. The summed E-state index contributed by atoms with van der Waals surface area (Å²) in [7, 11) is 0. The predicted molar refractivity (Wildman–Crippen MR) is 72.2 cm³/mol. The van der Waals surface area contributed by atoms with Crippen LogP contribution in [-0.4, -0.2) is 39.8 Å². The number of hydrogen-bond acceptors (Lipinski definition) is 5. The van der Waals surface area contributed by atoms with Crippen molar-refractivity contribution >= 4 is 21.6 Å². The summed E-state index contributed by atoms with van der Waals surface area (Å²) in [4.78, 5) is 0. The Bertz CT molecular complexity index is 578. The summed E-state index contributed by atoms with van der Waals surface area (Å²) < 4.78 is 30.9. The van der Waals surface area contributed by atoms with Crippen molar-refractivity contribution in [3.63, 3.8) is 0 Å². The number of nitrogen functional groups attached to an aromatic ring is 1. The highest BCUT2D eigenvalue weighted by atomic mass is 79.9. The first-order valence-electron chi connectivity index (χ1n) is 5.75. The Morgan fingerprint density at radius 3 is 2.90 bits per heavy atom. The van der Waals surface area contributed by atoms with E-state index in [4.69, 9.17) is 10.5 Å². The Morgan fingerprint density at radius 2 is 2.20 bits per heavy atom. The van der Waals surface area contributed by atoms with Gasteiger partial charge in [-0.3, -0.25) is 0 Å². The van der Waals surface area contributed by atoms with Gasteiger partial charge in [-0.1, -0.05) is 0 Å². The van der Waals surface area contributed by atoms with E-state index < -0.39 is 13.0 Å². The highest BCUT2D eigenvalue weighted by Crippen LogP contribution is 2.25. The number of tetrazole rings is 1. The van der Waals surface area contributed by atoms with Crippen LogP contribution in [0.4, 0.5) is 14.5 Å². The third kappa shape index (κ3) is 3.70. The zero-order chi connectivity index (χ0) is 14.5. The van der Waals surface area contributed by atoms with Gasteiger partial charge in [0, 0.05) is 15.7 Å². The molecule has 2 aromatic rings. The van der Waals surface area contributed by atoms with Crippen molar-refractivity contribution in [3.05, 3.63) is 22.7 Å². The van der Waals surface area contributed by atoms with Gasteiger partial charge in [0.05, 0.1) is 13.2 Å². The molecule has 0 saturated carbocycles. The van der Waals surface area contributed by atoms with E-state index in [1.54, 1.807) is 12.1 Å². The molecule has 0 atom stereocenters. The fourth-order valence-electron chi connectivity index (χ4n) is 1.57. The molecular formula is C11H12BrF2N5O. The first kappa shape index (κ1) is 14.8. The van der Waals surface area contributed by atoms with Crippen LogP contribution in [0.2, 0.25) is 0 Å². The summed E-state index contributed by atoms with van der Waals surface area (Å²) in [5.74, 6) is 0.504. The number of benzene rings is 1. The lowest BCUT2D eigenvalue weighted by atomic mass is 10.2. The summed E-state index contributed by atoms with van der Waals surface area (Å²) in [6.45, 7) is -0.206. The Balaban J connectivity index is 2.06. The number of halogens is 3. The molecule has 2 rings (SSSR count). The maximum Gasteiger partial charge on any atom is 0.261 e. The molecule has 0 saturated heterocycles. The second-order valence-corrected chi connectivity index (χ2v) is 4.78. The van der Waals surface area contributed by atoms with Crippen molar-refractivity contribution < 1.29 is 13.5 Å². The number of anilines is 1. The van der Waals surface area contributed by atoms with Gasteiger partial charge in [0.25, 0.3) is 6.43 Å². The van der Waals surface area contributed by atoms with Crippen LogP contribution in [0.1, 0.15) is 0 Å². The zero-order valence-corrected chi connectivity index (χ0v) is 11.9. The normalized spacial score (nSPS) is 11.2. The molecule has 0 aliphatic heterocycles. The van der Waals surface area contributed by atoms with Gasteiger partial charge in [0.15, 0.2) is 5.82 Å². The maximum atomic E-state index is 11.9. The maximum absolute atomic E-state index is 11.9. The van der Waals surface area contributed by atoms with Gasteiger partial charge >= 0.3 is 0 Å². The summed E-state index contributed by atoms with van der Waals surface area (Å²) in [5.41, 5.74) is 7.10. The average Bonchev–Trinajstić information content (AvgIpc) is 2.86. The number of hydrogen-bond donors (Lipinski definition) is 1. The molecule has 1 aromatic carbocycles. The molecule has 0 aliphatic rings. The molecular weight excluding hydrogens is 336 g/mol. The molecule has 0 unspecified atom stereocenters. The minimum atomic E-state index is -2.48. The number of nitrogens with two attached hydrogens (primary N) is 1. The van der Waals surface area contributed by atoms with Crippen LogP contribution >= 0.6 is 15.9 Å². The van der Waals surface area contributed by atoms with Gasteiger partial charge in [-0.15, -0.1) is 5.10 Å². The molecule has 0 aliphatic carbocycles. The van der Waals surface area contributed by atoms with Crippen LogP contribution in [0.15, 0.2) is 22.7 Å². The molecule has 0 amide bonds. The van der Waals surface area contributed by atoms with Crippen molar-refractivity contribution in [3.8, 4) is 11.4 Å². The van der Waals surface area contributed by atoms with E-state index in [-0.39, 0.29) is 13.2 Å². The monoisotopic (exact) mass is 347 g/mol. The fourth-order valence-corrected chi connectivity index (χ4v) is 1.81. The molecule has 20 heavy (non-hydrogen) atoms. The molecule has 0 spiro atoms. The van der Waals surface area contributed by atoms with Crippen LogP contribution in [0.5, 0.6) is 0 Å². The third-order valence-corrected chi connectivity index (χ3v) is 3.20. The summed E-state index contributed by atoms with van der Waals surface area (Å²) in [6, 6.07) is 5.33. The standard InChI is InChI=1S/C11H12BrF2N5O/c12-8-2-1-7(5-9(8)15)11-16-17-18-19(11)3-4-20-6-10(13)14/h1-2,5,10H,3-4,6,15H2. The number of aromatic nitrogens is 4. The molecule has 9 heteroatoms. The highest BCUT2D eigenvalue weighted by molar-refractivity contribution is 9.10. The topological polar surface area (TPSA) is 78.9 Å². The van der Waals surface area contributed by atoms with Crippen LogP contribution in [0.25, 0.3) is 11.4 Å². The Hall–Kier alpha value is -1.61. The minimum absolute atomic E-state index is 0.106. The van der Waals surface area contributed by atoms with Gasteiger partial charge in [-0.25, -0.2) is 13.5 Å². The van der Waals surface area contributed by atoms with E-state index in [1.165, 1.54) is 4.68 Å². The lowest BCUT2D eigenvalue weighted by Gasteiger charge is -2.07. The van der Waals surface area contributed by atoms with Crippen LogP contribution < -0.4 is 5.73 Å². The summed E-state index contributed by atoms with van der Waals surface area (Å²) in [5, 5.41) is 11.3. The molecule has 1 aromatic heterocycles. The first-order chi connectivity index (χ1) is 9.58. The van der Waals surface area contributed by atoms with Crippen LogP contribution in [-0.2, 0) is 11.3 Å². The highest BCUT2D eigenvalue weighted by Gasteiger charge is 2.10. The van der Waals surface area contributed by atoms with Crippen molar-refractivity contribution in [1.82, 2.24) is 20.2 Å². The molecule has 0 radical (unpaired) electrons. The fraction of sp³-hybridized carbons (Fsp3) is 0.364. The van der Waals surface area contributed by atoms with Crippen molar-refractivity contribution in [1.29, 1.82) is 0 Å².